The summed E-state index contributed by atoms with van der Waals surface area (Å²) < 4.78 is 7.89. The van der Waals surface area contributed by atoms with Crippen LogP contribution in [0.2, 0.25) is 0 Å². The zero-order valence-electron chi connectivity index (χ0n) is 20.7. The molecule has 0 saturated heterocycles. The molecule has 0 atom stereocenters. The molecule has 0 radical (unpaired) electrons. The molecule has 34 heavy (non-hydrogen) atoms. The van der Waals surface area contributed by atoms with E-state index in [1.165, 1.54) is 0 Å². The molecule has 3 aromatic carbocycles. The van der Waals surface area contributed by atoms with E-state index in [0.717, 1.165) is 57.6 Å². The van der Waals surface area contributed by atoms with Crippen molar-refractivity contribution in [2.45, 2.75) is 59.6 Å². The van der Waals surface area contributed by atoms with Crippen LogP contribution in [0.25, 0.3) is 22.2 Å². The van der Waals surface area contributed by atoms with Gasteiger partial charge in [0.1, 0.15) is 11.4 Å². The number of imidazole rings is 1. The first kappa shape index (κ1) is 23.6. The van der Waals surface area contributed by atoms with Crippen molar-refractivity contribution in [3.63, 3.8) is 0 Å². The average molecular weight is 456 g/mol. The number of nitrogen functional groups attached to an aromatic ring is 1. The highest BCUT2D eigenvalue weighted by Gasteiger charge is 2.21. The molecule has 5 heteroatoms. The lowest BCUT2D eigenvalue weighted by Gasteiger charge is -2.20. The van der Waals surface area contributed by atoms with Gasteiger partial charge in [-0.15, -0.1) is 0 Å². The predicted molar refractivity (Wildman–Crippen MR) is 139 cm³/mol. The maximum Gasteiger partial charge on any atom is 0.339 e. The van der Waals surface area contributed by atoms with E-state index >= 15 is 0 Å². The molecule has 1 heterocycles. The van der Waals surface area contributed by atoms with Crippen LogP contribution < -0.4 is 5.73 Å². The molecular weight excluding hydrogens is 422 g/mol. The standard InChI is InChI=1S/C29H33N3O2/c1-6-9-26-31-27-19(2)16-22(30)17-25(27)32(26)18-20-12-14-21(15-13-20)23-10-7-8-11-24(23)28(33)34-29(3,4)5/h7-8,10-17H,6,9,18,30H2,1-5H3. The molecular formula is C29H33N3O2. The van der Waals surface area contributed by atoms with Crippen LogP contribution in [0.3, 0.4) is 0 Å². The first-order chi connectivity index (χ1) is 16.2. The maximum atomic E-state index is 12.8. The van der Waals surface area contributed by atoms with Crippen LogP contribution in [-0.2, 0) is 17.7 Å². The molecule has 0 aliphatic rings. The Bertz CT molecular complexity index is 1330. The summed E-state index contributed by atoms with van der Waals surface area (Å²) in [7, 11) is 0. The Hall–Kier alpha value is -3.60. The number of carbonyl (C=O) groups is 1. The number of fused-ring (bicyclic) bond motifs is 1. The zero-order valence-corrected chi connectivity index (χ0v) is 20.7. The highest BCUT2D eigenvalue weighted by Crippen LogP contribution is 2.28. The van der Waals surface area contributed by atoms with E-state index in [1.54, 1.807) is 0 Å². The number of aromatic nitrogens is 2. The number of aryl methyl sites for hydroxylation is 2. The minimum Gasteiger partial charge on any atom is -0.456 e. The lowest BCUT2D eigenvalue weighted by molar-refractivity contribution is 0.00704. The van der Waals surface area contributed by atoms with Gasteiger partial charge >= 0.3 is 5.97 Å². The Morgan fingerprint density at radius 3 is 2.44 bits per heavy atom. The average Bonchev–Trinajstić information content (AvgIpc) is 3.11. The summed E-state index contributed by atoms with van der Waals surface area (Å²) in [5, 5.41) is 0. The van der Waals surface area contributed by atoms with Crippen molar-refractivity contribution >= 4 is 22.7 Å². The molecule has 0 spiro atoms. The van der Waals surface area contributed by atoms with E-state index < -0.39 is 5.60 Å². The third-order valence-electron chi connectivity index (χ3n) is 5.77. The molecule has 2 N–H and O–H groups in total. The fourth-order valence-electron chi connectivity index (χ4n) is 4.28. The Balaban J connectivity index is 1.66. The summed E-state index contributed by atoms with van der Waals surface area (Å²) in [6.07, 6.45) is 1.94. The topological polar surface area (TPSA) is 70.1 Å². The van der Waals surface area contributed by atoms with Crippen LogP contribution in [0.1, 0.15) is 61.4 Å². The van der Waals surface area contributed by atoms with Crippen LogP contribution in [0, 0.1) is 6.92 Å². The molecule has 4 aromatic rings. The van der Waals surface area contributed by atoms with Gasteiger partial charge in [-0.25, -0.2) is 9.78 Å². The Kier molecular flexibility index (Phi) is 6.47. The van der Waals surface area contributed by atoms with E-state index in [0.29, 0.717) is 12.1 Å². The van der Waals surface area contributed by atoms with Gasteiger partial charge in [-0.1, -0.05) is 49.4 Å². The van der Waals surface area contributed by atoms with E-state index in [4.69, 9.17) is 15.5 Å². The molecule has 0 saturated carbocycles. The maximum absolute atomic E-state index is 12.8. The monoisotopic (exact) mass is 455 g/mol. The van der Waals surface area contributed by atoms with Crippen LogP contribution in [0.15, 0.2) is 60.7 Å². The highest BCUT2D eigenvalue weighted by molar-refractivity contribution is 5.97. The number of anilines is 1. The Labute approximate surface area is 201 Å². The zero-order chi connectivity index (χ0) is 24.5. The number of benzene rings is 3. The second-order valence-corrected chi connectivity index (χ2v) is 9.81. The van der Waals surface area contributed by atoms with E-state index in [2.05, 4.69) is 42.7 Å². The summed E-state index contributed by atoms with van der Waals surface area (Å²) in [6.45, 7) is 10.6. The summed E-state index contributed by atoms with van der Waals surface area (Å²) in [5.41, 5.74) is 13.1. The normalized spacial score (nSPS) is 11.7. The Morgan fingerprint density at radius 1 is 1.06 bits per heavy atom. The third kappa shape index (κ3) is 4.98. The molecule has 0 aliphatic heterocycles. The largest absolute Gasteiger partial charge is 0.456 e. The van der Waals surface area contributed by atoms with Crippen molar-refractivity contribution in [1.29, 1.82) is 0 Å². The fourth-order valence-corrected chi connectivity index (χ4v) is 4.28. The number of hydrogen-bond donors (Lipinski definition) is 1. The van der Waals surface area contributed by atoms with Crippen molar-refractivity contribution in [3.8, 4) is 11.1 Å². The number of nitrogens with zero attached hydrogens (tertiary/aromatic N) is 2. The minimum absolute atomic E-state index is 0.311. The van der Waals surface area contributed by atoms with E-state index in [-0.39, 0.29) is 5.97 Å². The fraction of sp³-hybridized carbons (Fsp3) is 0.310. The van der Waals surface area contributed by atoms with Crippen molar-refractivity contribution < 1.29 is 9.53 Å². The summed E-state index contributed by atoms with van der Waals surface area (Å²) in [6, 6.07) is 19.9. The number of ether oxygens (including phenoxy) is 1. The van der Waals surface area contributed by atoms with Gasteiger partial charge in [0.05, 0.1) is 16.6 Å². The lowest BCUT2D eigenvalue weighted by Crippen LogP contribution is -2.24. The Morgan fingerprint density at radius 2 is 1.76 bits per heavy atom. The molecule has 1 aromatic heterocycles. The molecule has 4 rings (SSSR count). The molecule has 176 valence electrons. The summed E-state index contributed by atoms with van der Waals surface area (Å²) in [5.74, 6) is 0.764. The second kappa shape index (κ2) is 9.34. The quantitative estimate of drug-likeness (QED) is 0.264. The second-order valence-electron chi connectivity index (χ2n) is 9.81. The van der Waals surface area contributed by atoms with E-state index in [9.17, 15) is 4.79 Å². The van der Waals surface area contributed by atoms with Gasteiger partial charge in [-0.05, 0) is 74.6 Å². The van der Waals surface area contributed by atoms with Crippen LogP contribution in [-0.4, -0.2) is 21.1 Å². The van der Waals surface area contributed by atoms with Gasteiger partial charge in [-0.2, -0.15) is 0 Å². The van der Waals surface area contributed by atoms with Crippen LogP contribution >= 0.6 is 0 Å². The number of nitrogens with two attached hydrogens (primary N) is 1. The molecule has 0 fully saturated rings. The van der Waals surface area contributed by atoms with Gasteiger partial charge < -0.3 is 15.0 Å². The predicted octanol–water partition coefficient (Wildman–Crippen LogP) is 6.55. The van der Waals surface area contributed by atoms with Crippen LogP contribution in [0.5, 0.6) is 0 Å². The van der Waals surface area contributed by atoms with Crippen molar-refractivity contribution in [2.75, 3.05) is 5.73 Å². The van der Waals surface area contributed by atoms with Crippen molar-refractivity contribution in [3.05, 3.63) is 83.2 Å². The molecule has 0 unspecified atom stereocenters. The number of rotatable bonds is 6. The number of carbonyl (C=O) groups excluding carboxylic acids is 1. The van der Waals surface area contributed by atoms with Crippen molar-refractivity contribution in [1.82, 2.24) is 9.55 Å². The minimum atomic E-state index is -0.542. The molecule has 0 bridgehead atoms. The van der Waals surface area contributed by atoms with Gasteiger partial charge in [0.15, 0.2) is 0 Å². The lowest BCUT2D eigenvalue weighted by atomic mass is 9.98. The van der Waals surface area contributed by atoms with Gasteiger partial charge in [0, 0.05) is 18.7 Å². The van der Waals surface area contributed by atoms with Gasteiger partial charge in [0.25, 0.3) is 0 Å². The van der Waals surface area contributed by atoms with Gasteiger partial charge in [0.2, 0.25) is 0 Å². The van der Waals surface area contributed by atoms with Crippen LogP contribution in [0.4, 0.5) is 5.69 Å². The highest BCUT2D eigenvalue weighted by atomic mass is 16.6. The molecule has 0 aliphatic carbocycles. The number of esters is 1. The number of hydrogen-bond acceptors (Lipinski definition) is 4. The molecule has 5 nitrogen and oxygen atoms in total. The smallest absolute Gasteiger partial charge is 0.339 e. The van der Waals surface area contributed by atoms with E-state index in [1.807, 2.05) is 57.2 Å². The third-order valence-corrected chi connectivity index (χ3v) is 5.77. The molecule has 0 amide bonds. The SMILES string of the molecule is CCCc1nc2c(C)cc(N)cc2n1Cc1ccc(-c2ccccc2C(=O)OC(C)(C)C)cc1. The van der Waals surface area contributed by atoms with Gasteiger partial charge in [-0.3, -0.25) is 0 Å². The summed E-state index contributed by atoms with van der Waals surface area (Å²) >= 11 is 0. The first-order valence-electron chi connectivity index (χ1n) is 11.8. The first-order valence-corrected chi connectivity index (χ1v) is 11.8. The van der Waals surface area contributed by atoms with Crippen molar-refractivity contribution in [2.24, 2.45) is 0 Å². The summed E-state index contributed by atoms with van der Waals surface area (Å²) in [4.78, 5) is 17.7.